The molecule has 0 spiro atoms. The minimum Gasteiger partial charge on any atom is -0.268 e. The molecular weight excluding hydrogens is 490 g/mol. The Balaban J connectivity index is 1.49. The molecule has 0 atom stereocenters. The van der Waals surface area contributed by atoms with Gasteiger partial charge >= 0.3 is 0 Å². The number of amides is 2. The highest BCUT2D eigenvalue weighted by molar-refractivity contribution is 8.18. The second-order valence-corrected chi connectivity index (χ2v) is 10.2. The number of aromatic nitrogens is 1. The predicted octanol–water partition coefficient (Wildman–Crippen LogP) is 6.23. The van der Waals surface area contributed by atoms with E-state index < -0.39 is 16.1 Å². The van der Waals surface area contributed by atoms with E-state index in [9.17, 15) is 19.7 Å². The van der Waals surface area contributed by atoms with Gasteiger partial charge in [-0.25, -0.2) is 4.98 Å². The Morgan fingerprint density at radius 2 is 1.84 bits per heavy atom. The number of thioether (sulfide) groups is 2. The van der Waals surface area contributed by atoms with Crippen LogP contribution in [0.3, 0.4) is 0 Å². The fourth-order valence-corrected chi connectivity index (χ4v) is 6.11. The lowest BCUT2D eigenvalue weighted by Gasteiger charge is -2.12. The Morgan fingerprint density at radius 3 is 2.59 bits per heavy atom. The lowest BCUT2D eigenvalue weighted by molar-refractivity contribution is -0.385. The zero-order valence-electron chi connectivity index (χ0n) is 16.3. The van der Waals surface area contributed by atoms with Crippen LogP contribution in [-0.2, 0) is 17.1 Å². The van der Waals surface area contributed by atoms with E-state index in [1.807, 2.05) is 30.3 Å². The van der Waals surface area contributed by atoms with E-state index in [1.54, 1.807) is 12.1 Å². The standard InChI is InChI=1S/C21H14ClN3O4S3/c22-18-16(31-20(23-18)30-12-13-6-2-1-3-7-13)10-17-19(26)24(21(27)32-17)11-14-8-4-5-9-15(14)25(28)29/h1-10H,11-12H2/b17-10+. The van der Waals surface area contributed by atoms with Crippen molar-refractivity contribution in [2.75, 3.05) is 0 Å². The largest absolute Gasteiger partial charge is 0.293 e. The van der Waals surface area contributed by atoms with Crippen molar-refractivity contribution in [3.63, 3.8) is 0 Å². The fourth-order valence-electron chi connectivity index (χ4n) is 2.91. The van der Waals surface area contributed by atoms with Crippen molar-refractivity contribution in [2.24, 2.45) is 0 Å². The summed E-state index contributed by atoms with van der Waals surface area (Å²) in [5.74, 6) is 0.220. The molecule has 0 radical (unpaired) electrons. The second kappa shape index (κ2) is 9.86. The summed E-state index contributed by atoms with van der Waals surface area (Å²) in [7, 11) is 0. The van der Waals surface area contributed by atoms with Gasteiger partial charge in [0.15, 0.2) is 4.34 Å². The van der Waals surface area contributed by atoms with Gasteiger partial charge in [0.25, 0.3) is 16.8 Å². The third kappa shape index (κ3) is 5.04. The maximum Gasteiger partial charge on any atom is 0.293 e. The topological polar surface area (TPSA) is 93.4 Å². The van der Waals surface area contributed by atoms with Gasteiger partial charge in [-0.2, -0.15) is 0 Å². The van der Waals surface area contributed by atoms with Gasteiger partial charge in [0.05, 0.1) is 21.3 Å². The van der Waals surface area contributed by atoms with Crippen molar-refractivity contribution in [1.29, 1.82) is 0 Å². The molecule has 11 heteroatoms. The Kier molecular flexibility index (Phi) is 6.95. The van der Waals surface area contributed by atoms with Crippen molar-refractivity contribution in [3.05, 3.63) is 90.8 Å². The first-order valence-electron chi connectivity index (χ1n) is 9.23. The molecule has 2 heterocycles. The van der Waals surface area contributed by atoms with Gasteiger partial charge in [-0.1, -0.05) is 71.9 Å². The Labute approximate surface area is 200 Å². The highest BCUT2D eigenvalue weighted by Crippen LogP contribution is 2.38. The van der Waals surface area contributed by atoms with Crippen LogP contribution >= 0.6 is 46.5 Å². The Bertz CT molecular complexity index is 1230. The van der Waals surface area contributed by atoms with E-state index in [0.717, 1.165) is 32.3 Å². The van der Waals surface area contributed by atoms with Crippen LogP contribution < -0.4 is 0 Å². The summed E-state index contributed by atoms with van der Waals surface area (Å²) in [4.78, 5) is 42.1. The number of imide groups is 1. The van der Waals surface area contributed by atoms with E-state index in [-0.39, 0.29) is 27.9 Å². The number of benzene rings is 2. The summed E-state index contributed by atoms with van der Waals surface area (Å²) in [6.07, 6.45) is 1.55. The van der Waals surface area contributed by atoms with Gasteiger partial charge in [-0.3, -0.25) is 24.6 Å². The minimum atomic E-state index is -0.532. The summed E-state index contributed by atoms with van der Waals surface area (Å²) >= 11 is 9.91. The molecule has 0 N–H and O–H groups in total. The molecule has 1 saturated heterocycles. The molecule has 1 aliphatic rings. The number of carbonyl (C=O) groups excluding carboxylic acids is 2. The highest BCUT2D eigenvalue weighted by Gasteiger charge is 2.36. The highest BCUT2D eigenvalue weighted by atomic mass is 35.5. The van der Waals surface area contributed by atoms with Crippen LogP contribution in [0.4, 0.5) is 10.5 Å². The molecule has 2 amide bonds. The SMILES string of the molecule is O=C1S/C(=C/c2sc(SCc3ccccc3)nc2Cl)C(=O)N1Cc1ccccc1[N+](=O)[O-]. The van der Waals surface area contributed by atoms with Gasteiger partial charge < -0.3 is 0 Å². The maximum absolute atomic E-state index is 12.8. The van der Waals surface area contributed by atoms with Crippen LogP contribution in [0.15, 0.2) is 63.8 Å². The first-order valence-corrected chi connectivity index (χ1v) is 12.2. The fraction of sp³-hybridized carbons (Fsp3) is 0.0952. The zero-order valence-corrected chi connectivity index (χ0v) is 19.5. The summed E-state index contributed by atoms with van der Waals surface area (Å²) in [6.45, 7) is -0.173. The quantitative estimate of drug-likeness (QED) is 0.163. The molecular formula is C21H14ClN3O4S3. The molecule has 0 bridgehead atoms. The lowest BCUT2D eigenvalue weighted by Crippen LogP contribution is -2.27. The zero-order chi connectivity index (χ0) is 22.7. The molecule has 0 aliphatic carbocycles. The van der Waals surface area contributed by atoms with E-state index >= 15 is 0 Å². The van der Waals surface area contributed by atoms with E-state index in [0.29, 0.717) is 4.88 Å². The molecule has 2 aromatic carbocycles. The molecule has 1 aromatic heterocycles. The van der Waals surface area contributed by atoms with Gasteiger partial charge in [0.2, 0.25) is 0 Å². The van der Waals surface area contributed by atoms with Crippen molar-refractivity contribution in [1.82, 2.24) is 9.88 Å². The van der Waals surface area contributed by atoms with Crippen LogP contribution in [0.25, 0.3) is 6.08 Å². The average Bonchev–Trinajstić information content (AvgIpc) is 3.27. The molecule has 1 aliphatic heterocycles. The van der Waals surface area contributed by atoms with Crippen LogP contribution in [0.5, 0.6) is 0 Å². The lowest BCUT2D eigenvalue weighted by atomic mass is 10.1. The molecule has 162 valence electrons. The van der Waals surface area contributed by atoms with Crippen LogP contribution in [-0.4, -0.2) is 26.0 Å². The van der Waals surface area contributed by atoms with Gasteiger partial charge in [0.1, 0.15) is 5.15 Å². The van der Waals surface area contributed by atoms with Crippen LogP contribution in [0.2, 0.25) is 5.15 Å². The second-order valence-electron chi connectivity index (χ2n) is 6.56. The number of hydrogen-bond donors (Lipinski definition) is 0. The number of halogens is 1. The third-order valence-corrected chi connectivity index (χ3v) is 7.97. The minimum absolute atomic E-state index is 0.138. The first kappa shape index (κ1) is 22.5. The van der Waals surface area contributed by atoms with E-state index in [2.05, 4.69) is 4.98 Å². The molecule has 0 unspecified atom stereocenters. The molecule has 1 fully saturated rings. The number of nitro groups is 1. The number of nitro benzene ring substituents is 1. The summed E-state index contributed by atoms with van der Waals surface area (Å²) in [6, 6.07) is 16.0. The number of nitrogens with zero attached hydrogens (tertiary/aromatic N) is 3. The summed E-state index contributed by atoms with van der Waals surface area (Å²) in [5, 5.41) is 11.0. The van der Waals surface area contributed by atoms with Crippen molar-refractivity contribution in [2.45, 2.75) is 16.6 Å². The van der Waals surface area contributed by atoms with Crippen LogP contribution in [0.1, 0.15) is 16.0 Å². The summed E-state index contributed by atoms with van der Waals surface area (Å²) < 4.78 is 0.754. The van der Waals surface area contributed by atoms with Crippen molar-refractivity contribution in [3.8, 4) is 0 Å². The molecule has 3 aromatic rings. The number of carbonyl (C=O) groups is 2. The number of thiazole rings is 1. The predicted molar refractivity (Wildman–Crippen MR) is 128 cm³/mol. The first-order chi connectivity index (χ1) is 15.4. The van der Waals surface area contributed by atoms with Crippen molar-refractivity contribution >= 4 is 69.4 Å². The Morgan fingerprint density at radius 1 is 1.12 bits per heavy atom. The van der Waals surface area contributed by atoms with Gasteiger partial charge in [0, 0.05) is 17.4 Å². The number of para-hydroxylation sites is 1. The smallest absolute Gasteiger partial charge is 0.268 e. The Hall–Kier alpha value is -2.66. The van der Waals surface area contributed by atoms with E-state index in [1.165, 1.54) is 41.3 Å². The third-order valence-electron chi connectivity index (χ3n) is 4.45. The maximum atomic E-state index is 12.8. The number of rotatable bonds is 7. The average molecular weight is 504 g/mol. The molecule has 4 rings (SSSR count). The monoisotopic (exact) mass is 503 g/mol. The summed E-state index contributed by atoms with van der Waals surface area (Å²) in [5.41, 5.74) is 1.30. The van der Waals surface area contributed by atoms with Gasteiger partial charge in [-0.15, -0.1) is 11.3 Å². The molecule has 32 heavy (non-hydrogen) atoms. The molecule has 0 saturated carbocycles. The van der Waals surface area contributed by atoms with Gasteiger partial charge in [-0.05, 0) is 23.4 Å². The number of hydrogen-bond acceptors (Lipinski definition) is 8. The normalized spacial score (nSPS) is 15.0. The molecule has 7 nitrogen and oxygen atoms in total. The van der Waals surface area contributed by atoms with Crippen molar-refractivity contribution < 1.29 is 14.5 Å². The van der Waals surface area contributed by atoms with Crippen LogP contribution in [0, 0.1) is 10.1 Å². The van der Waals surface area contributed by atoms with E-state index in [4.69, 9.17) is 11.6 Å².